The van der Waals surface area contributed by atoms with Crippen LogP contribution in [0, 0.1) is 0 Å². The van der Waals surface area contributed by atoms with Crippen LogP contribution in [0.5, 0.6) is 0 Å². The highest BCUT2D eigenvalue weighted by Gasteiger charge is 2.31. The Morgan fingerprint density at radius 1 is 1.36 bits per heavy atom. The molecule has 7 heteroatoms. The average Bonchev–Trinajstić information content (AvgIpc) is 2.93. The van der Waals surface area contributed by atoms with Gasteiger partial charge in [0.25, 0.3) is 5.91 Å². The van der Waals surface area contributed by atoms with Crippen molar-refractivity contribution < 1.29 is 14.7 Å². The molecule has 22 heavy (non-hydrogen) atoms. The van der Waals surface area contributed by atoms with Gasteiger partial charge in [0.1, 0.15) is 0 Å². The minimum Gasteiger partial charge on any atom is -0.387 e. The summed E-state index contributed by atoms with van der Waals surface area (Å²) < 4.78 is 0. The molecule has 1 aliphatic rings. The predicted molar refractivity (Wildman–Crippen MR) is 83.9 cm³/mol. The van der Waals surface area contributed by atoms with Gasteiger partial charge in [0, 0.05) is 30.9 Å². The summed E-state index contributed by atoms with van der Waals surface area (Å²) in [5.41, 5.74) is 0.122. The molecule has 1 saturated heterocycles. The lowest BCUT2D eigenvalue weighted by molar-refractivity contribution is 0.0640. The van der Waals surface area contributed by atoms with Gasteiger partial charge >= 0.3 is 6.03 Å². The number of anilines is 1. The van der Waals surface area contributed by atoms with E-state index in [1.165, 1.54) is 0 Å². The Hall–Kier alpha value is -2.12. The zero-order valence-corrected chi connectivity index (χ0v) is 12.6. The normalized spacial score (nSPS) is 20.5. The van der Waals surface area contributed by atoms with E-state index in [1.54, 1.807) is 24.3 Å². The maximum Gasteiger partial charge on any atom is 0.319 e. The number of hydrogen-bond acceptors (Lipinski definition) is 4. The third-order valence-electron chi connectivity index (χ3n) is 3.52. The number of hydrogen-bond donors (Lipinski definition) is 5. The largest absolute Gasteiger partial charge is 0.387 e. The lowest BCUT2D eigenvalue weighted by Crippen LogP contribution is -2.45. The highest BCUT2D eigenvalue weighted by atomic mass is 16.3. The zero-order chi connectivity index (χ0) is 16.0. The summed E-state index contributed by atoms with van der Waals surface area (Å²) in [6.07, 6.45) is 0.611. The number of benzene rings is 1. The van der Waals surface area contributed by atoms with Crippen LogP contribution in [-0.4, -0.2) is 48.8 Å². The fourth-order valence-electron chi connectivity index (χ4n) is 2.30. The molecule has 0 aromatic heterocycles. The van der Waals surface area contributed by atoms with E-state index in [-0.39, 0.29) is 12.5 Å². The molecule has 0 bridgehead atoms. The molecule has 3 amide bonds. The van der Waals surface area contributed by atoms with E-state index >= 15 is 0 Å². The topological polar surface area (TPSA) is 102 Å². The van der Waals surface area contributed by atoms with Crippen LogP contribution in [-0.2, 0) is 0 Å². The summed E-state index contributed by atoms with van der Waals surface area (Å²) in [4.78, 5) is 23.6. The minimum atomic E-state index is -0.889. The highest BCUT2D eigenvalue weighted by Crippen LogP contribution is 2.13. The predicted octanol–water partition coefficient (Wildman–Crippen LogP) is 0.282. The Labute approximate surface area is 129 Å². The van der Waals surface area contributed by atoms with Gasteiger partial charge in [-0.25, -0.2) is 4.79 Å². The summed E-state index contributed by atoms with van der Waals surface area (Å²) in [7, 11) is 0. The zero-order valence-electron chi connectivity index (χ0n) is 12.6. The van der Waals surface area contributed by atoms with Gasteiger partial charge in [-0.15, -0.1) is 0 Å². The monoisotopic (exact) mass is 306 g/mol. The number of rotatable bonds is 5. The molecule has 1 aromatic carbocycles. The van der Waals surface area contributed by atoms with Crippen molar-refractivity contribution in [3.8, 4) is 0 Å². The quantitative estimate of drug-likeness (QED) is 0.539. The molecule has 0 aliphatic carbocycles. The Morgan fingerprint density at radius 3 is 2.86 bits per heavy atom. The van der Waals surface area contributed by atoms with Crippen molar-refractivity contribution in [3.63, 3.8) is 0 Å². The molecule has 1 fully saturated rings. The molecule has 1 heterocycles. The Kier molecular flexibility index (Phi) is 5.35. The van der Waals surface area contributed by atoms with Crippen LogP contribution in [0.3, 0.4) is 0 Å². The van der Waals surface area contributed by atoms with Crippen molar-refractivity contribution in [2.24, 2.45) is 0 Å². The van der Waals surface area contributed by atoms with Crippen molar-refractivity contribution in [1.82, 2.24) is 16.0 Å². The van der Waals surface area contributed by atoms with Crippen LogP contribution >= 0.6 is 0 Å². The number of β-amino-alcohol motifs (C(OH)–C–C–N with tert-alkyl or cyclic N) is 1. The number of carbonyl (C=O) groups is 2. The van der Waals surface area contributed by atoms with Gasteiger partial charge in [0.2, 0.25) is 0 Å². The van der Waals surface area contributed by atoms with Crippen molar-refractivity contribution in [2.75, 3.05) is 31.5 Å². The number of carbonyl (C=O) groups excluding carboxylic acids is 2. The second-order valence-electron chi connectivity index (χ2n) is 5.40. The summed E-state index contributed by atoms with van der Waals surface area (Å²) >= 11 is 0. The molecule has 0 saturated carbocycles. The standard InChI is InChI=1S/C15H22N4O3/c1-2-17-13(20)11-4-3-5-12(8-11)19-14(21)18-10-15(22)6-7-16-9-15/h3-5,8,16,22H,2,6-7,9-10H2,1H3,(H,17,20)(H2,18,19,21). The molecule has 1 aromatic rings. The number of amides is 3. The maximum absolute atomic E-state index is 11.9. The summed E-state index contributed by atoms with van der Waals surface area (Å²) in [6.45, 7) is 3.79. The molecule has 2 rings (SSSR count). The molecule has 120 valence electrons. The Balaban J connectivity index is 1.88. The van der Waals surface area contributed by atoms with Crippen molar-refractivity contribution in [3.05, 3.63) is 29.8 Å². The van der Waals surface area contributed by atoms with Crippen molar-refractivity contribution in [1.29, 1.82) is 0 Å². The molecule has 1 aliphatic heterocycles. The van der Waals surface area contributed by atoms with Gasteiger partial charge in [-0.3, -0.25) is 4.79 Å². The molecule has 0 spiro atoms. The van der Waals surface area contributed by atoms with E-state index in [1.807, 2.05) is 6.92 Å². The average molecular weight is 306 g/mol. The summed E-state index contributed by atoms with van der Waals surface area (Å²) in [5, 5.41) is 21.2. The maximum atomic E-state index is 11.9. The Bertz CT molecular complexity index is 541. The highest BCUT2D eigenvalue weighted by molar-refractivity contribution is 5.96. The lowest BCUT2D eigenvalue weighted by atomic mass is 10.0. The molecular formula is C15H22N4O3. The Morgan fingerprint density at radius 2 is 2.18 bits per heavy atom. The first-order valence-corrected chi connectivity index (χ1v) is 7.39. The molecule has 7 nitrogen and oxygen atoms in total. The molecule has 0 radical (unpaired) electrons. The van der Waals surface area contributed by atoms with Crippen molar-refractivity contribution in [2.45, 2.75) is 18.9 Å². The van der Waals surface area contributed by atoms with Gasteiger partial charge in [-0.05, 0) is 38.1 Å². The minimum absolute atomic E-state index is 0.182. The number of nitrogens with one attached hydrogen (secondary N) is 4. The number of aliphatic hydroxyl groups is 1. The van der Waals surface area contributed by atoms with Crippen LogP contribution < -0.4 is 21.3 Å². The van der Waals surface area contributed by atoms with E-state index in [0.29, 0.717) is 30.8 Å². The molecule has 1 atom stereocenters. The van der Waals surface area contributed by atoms with Gasteiger partial charge < -0.3 is 26.4 Å². The van der Waals surface area contributed by atoms with Crippen LogP contribution in [0.1, 0.15) is 23.7 Å². The van der Waals surface area contributed by atoms with E-state index < -0.39 is 11.6 Å². The van der Waals surface area contributed by atoms with Crippen LogP contribution in [0.15, 0.2) is 24.3 Å². The molecular weight excluding hydrogens is 284 g/mol. The van der Waals surface area contributed by atoms with Gasteiger partial charge in [0.15, 0.2) is 0 Å². The fraction of sp³-hybridized carbons (Fsp3) is 0.467. The summed E-state index contributed by atoms with van der Waals surface area (Å²) in [5.74, 6) is -0.183. The van der Waals surface area contributed by atoms with E-state index in [0.717, 1.165) is 6.54 Å². The van der Waals surface area contributed by atoms with Gasteiger partial charge in [0.05, 0.1) is 5.60 Å². The van der Waals surface area contributed by atoms with Crippen LogP contribution in [0.25, 0.3) is 0 Å². The first-order chi connectivity index (χ1) is 10.5. The second-order valence-corrected chi connectivity index (χ2v) is 5.40. The number of urea groups is 1. The van der Waals surface area contributed by atoms with E-state index in [9.17, 15) is 14.7 Å². The van der Waals surface area contributed by atoms with Crippen molar-refractivity contribution >= 4 is 17.6 Å². The first kappa shape index (κ1) is 16.3. The third kappa shape index (κ3) is 4.44. The van der Waals surface area contributed by atoms with Crippen LogP contribution in [0.2, 0.25) is 0 Å². The second kappa shape index (κ2) is 7.24. The SMILES string of the molecule is CCNC(=O)c1cccc(NC(=O)NCC2(O)CCNC2)c1. The molecule has 1 unspecified atom stereocenters. The fourth-order valence-corrected chi connectivity index (χ4v) is 2.30. The molecule has 5 N–H and O–H groups in total. The van der Waals surface area contributed by atoms with Crippen LogP contribution in [0.4, 0.5) is 10.5 Å². The third-order valence-corrected chi connectivity index (χ3v) is 3.52. The first-order valence-electron chi connectivity index (χ1n) is 7.39. The smallest absolute Gasteiger partial charge is 0.319 e. The van der Waals surface area contributed by atoms with E-state index in [2.05, 4.69) is 21.3 Å². The van der Waals surface area contributed by atoms with E-state index in [4.69, 9.17) is 0 Å². The van der Waals surface area contributed by atoms with Gasteiger partial charge in [-0.2, -0.15) is 0 Å². The lowest BCUT2D eigenvalue weighted by Gasteiger charge is -2.21. The summed E-state index contributed by atoms with van der Waals surface area (Å²) in [6, 6.07) is 6.29. The van der Waals surface area contributed by atoms with Gasteiger partial charge in [-0.1, -0.05) is 6.07 Å².